The van der Waals surface area contributed by atoms with E-state index < -0.39 is 8.03 Å². The third-order valence-corrected chi connectivity index (χ3v) is 3.51. The average Bonchev–Trinajstić information content (AvgIpc) is 2.35. The highest BCUT2D eigenvalue weighted by Gasteiger charge is 2.10. The van der Waals surface area contributed by atoms with E-state index in [9.17, 15) is 9.36 Å². The van der Waals surface area contributed by atoms with Crippen LogP contribution in [0.5, 0.6) is 0 Å². The van der Waals surface area contributed by atoms with E-state index in [2.05, 4.69) is 13.5 Å². The van der Waals surface area contributed by atoms with Crippen LogP contribution in [-0.4, -0.2) is 35.0 Å². The maximum Gasteiger partial charge on any atom is 0.245 e. The Bertz CT molecular complexity index is 269. The lowest BCUT2D eigenvalue weighted by atomic mass is 10.1. The van der Waals surface area contributed by atoms with Crippen molar-refractivity contribution in [2.24, 2.45) is 0 Å². The van der Waals surface area contributed by atoms with Crippen molar-refractivity contribution in [2.75, 3.05) is 19.3 Å². The Kier molecular flexibility index (Phi) is 11.1. The van der Waals surface area contributed by atoms with Crippen LogP contribution in [0.15, 0.2) is 12.7 Å². The lowest BCUT2D eigenvalue weighted by Crippen LogP contribution is -2.32. The van der Waals surface area contributed by atoms with Crippen LogP contribution in [-0.2, 0) is 9.36 Å². The molecule has 0 aromatic heterocycles. The first-order chi connectivity index (χ1) is 8.61. The van der Waals surface area contributed by atoms with Gasteiger partial charge in [0.1, 0.15) is 0 Å². The summed E-state index contributed by atoms with van der Waals surface area (Å²) in [5.41, 5.74) is 0. The fraction of sp³-hybridized carbons (Fsp3) is 0.769. The molecular formula is C13H26NO3P. The van der Waals surface area contributed by atoms with E-state index in [0.717, 1.165) is 12.8 Å². The van der Waals surface area contributed by atoms with Crippen molar-refractivity contribution in [3.05, 3.63) is 12.7 Å². The average molecular weight is 275 g/mol. The van der Waals surface area contributed by atoms with Crippen LogP contribution in [0.25, 0.3) is 0 Å². The fourth-order valence-corrected chi connectivity index (χ4v) is 2.24. The molecule has 0 bridgehead atoms. The van der Waals surface area contributed by atoms with Crippen molar-refractivity contribution in [3.8, 4) is 0 Å². The molecule has 0 saturated carbocycles. The highest BCUT2D eigenvalue weighted by molar-refractivity contribution is 7.38. The molecule has 0 fully saturated rings. The highest BCUT2D eigenvalue weighted by Crippen LogP contribution is 2.13. The van der Waals surface area contributed by atoms with E-state index in [1.54, 1.807) is 4.90 Å². The Labute approximate surface area is 111 Å². The van der Waals surface area contributed by atoms with Gasteiger partial charge in [0, 0.05) is 19.3 Å². The van der Waals surface area contributed by atoms with E-state index in [1.165, 1.54) is 31.8 Å². The van der Waals surface area contributed by atoms with Crippen LogP contribution in [0.4, 0.5) is 0 Å². The molecule has 5 heteroatoms. The lowest BCUT2D eigenvalue weighted by molar-refractivity contribution is -0.125. The molecule has 1 amide bonds. The first-order valence-electron chi connectivity index (χ1n) is 6.75. The summed E-state index contributed by atoms with van der Waals surface area (Å²) in [4.78, 5) is 21.9. The maximum atomic E-state index is 11.5. The number of carbonyl (C=O) groups excluding carboxylic acids is 1. The van der Waals surface area contributed by atoms with Crippen molar-refractivity contribution >= 4 is 13.9 Å². The van der Waals surface area contributed by atoms with E-state index in [4.69, 9.17) is 4.89 Å². The van der Waals surface area contributed by atoms with Gasteiger partial charge < -0.3 is 9.79 Å². The number of hydrogen-bond donors (Lipinski definition) is 1. The van der Waals surface area contributed by atoms with Crippen LogP contribution in [0, 0.1) is 0 Å². The fourth-order valence-electron chi connectivity index (χ4n) is 1.77. The molecule has 106 valence electrons. The number of hydrogen-bond acceptors (Lipinski definition) is 2. The van der Waals surface area contributed by atoms with Gasteiger partial charge in [0.2, 0.25) is 5.91 Å². The van der Waals surface area contributed by atoms with Crippen molar-refractivity contribution in [1.82, 2.24) is 4.90 Å². The summed E-state index contributed by atoms with van der Waals surface area (Å²) in [6.07, 6.45) is 8.45. The highest BCUT2D eigenvalue weighted by atomic mass is 31.1. The Morgan fingerprint density at radius 1 is 1.22 bits per heavy atom. The topological polar surface area (TPSA) is 57.6 Å². The Morgan fingerprint density at radius 3 is 2.39 bits per heavy atom. The largest absolute Gasteiger partial charge is 0.346 e. The lowest BCUT2D eigenvalue weighted by Gasteiger charge is -2.20. The zero-order chi connectivity index (χ0) is 13.8. The van der Waals surface area contributed by atoms with Gasteiger partial charge in [-0.05, 0) is 12.5 Å². The normalized spacial score (nSPS) is 12.1. The summed E-state index contributed by atoms with van der Waals surface area (Å²) in [5, 5.41) is 0. The summed E-state index contributed by atoms with van der Waals surface area (Å²) in [6, 6.07) is 0. The first-order valence-corrected chi connectivity index (χ1v) is 8.31. The maximum absolute atomic E-state index is 11.5. The molecule has 4 nitrogen and oxygen atoms in total. The van der Waals surface area contributed by atoms with Crippen LogP contribution >= 0.6 is 8.03 Å². The Morgan fingerprint density at radius 2 is 1.83 bits per heavy atom. The third-order valence-electron chi connectivity index (χ3n) is 2.86. The second-order valence-electron chi connectivity index (χ2n) is 4.44. The monoisotopic (exact) mass is 275 g/mol. The van der Waals surface area contributed by atoms with Gasteiger partial charge in [0.25, 0.3) is 0 Å². The van der Waals surface area contributed by atoms with E-state index in [1.807, 2.05) is 0 Å². The number of amides is 1. The summed E-state index contributed by atoms with van der Waals surface area (Å²) < 4.78 is 10.7. The third kappa shape index (κ3) is 9.43. The SMILES string of the molecule is C=CC(=O)N(CCCCCCCC)CC[PH](=O)O. The van der Waals surface area contributed by atoms with Crippen molar-refractivity contribution in [1.29, 1.82) is 0 Å². The second-order valence-corrected chi connectivity index (χ2v) is 5.73. The molecule has 0 aromatic carbocycles. The minimum atomic E-state index is -2.49. The van der Waals surface area contributed by atoms with Crippen LogP contribution < -0.4 is 0 Å². The van der Waals surface area contributed by atoms with E-state index in [-0.39, 0.29) is 12.1 Å². The zero-order valence-corrected chi connectivity index (χ0v) is 12.4. The van der Waals surface area contributed by atoms with Gasteiger partial charge in [-0.1, -0.05) is 45.6 Å². The summed E-state index contributed by atoms with van der Waals surface area (Å²) in [5.74, 6) is -0.146. The van der Waals surface area contributed by atoms with Gasteiger partial charge in [-0.2, -0.15) is 0 Å². The van der Waals surface area contributed by atoms with Gasteiger partial charge in [0.05, 0.1) is 0 Å². The van der Waals surface area contributed by atoms with Gasteiger partial charge in [0.15, 0.2) is 8.03 Å². The standard InChI is InChI=1S/C13H26NO3P/c1-3-5-6-7-8-9-10-14(13(15)4-2)11-12-18(16)17/h4,18H,2-3,5-12H2,1H3,(H,16,17). The quantitative estimate of drug-likeness (QED) is 0.358. The van der Waals surface area contributed by atoms with Gasteiger partial charge >= 0.3 is 0 Å². The first kappa shape index (κ1) is 17.4. The number of rotatable bonds is 11. The minimum Gasteiger partial charge on any atom is -0.346 e. The predicted molar refractivity (Wildman–Crippen MR) is 76.2 cm³/mol. The van der Waals surface area contributed by atoms with Crippen LogP contribution in [0.3, 0.4) is 0 Å². The van der Waals surface area contributed by atoms with Crippen LogP contribution in [0.1, 0.15) is 45.4 Å². The zero-order valence-electron chi connectivity index (χ0n) is 11.4. The molecule has 1 N–H and O–H groups in total. The molecule has 18 heavy (non-hydrogen) atoms. The summed E-state index contributed by atoms with van der Waals surface area (Å²) in [7, 11) is -2.49. The van der Waals surface area contributed by atoms with Gasteiger partial charge in [-0.3, -0.25) is 9.36 Å². The summed E-state index contributed by atoms with van der Waals surface area (Å²) in [6.45, 7) is 6.65. The molecule has 0 aromatic rings. The molecular weight excluding hydrogens is 249 g/mol. The van der Waals surface area contributed by atoms with Crippen LogP contribution in [0.2, 0.25) is 0 Å². The van der Waals surface area contributed by atoms with Crippen molar-refractivity contribution in [2.45, 2.75) is 45.4 Å². The molecule has 0 aliphatic carbocycles. The number of carbonyl (C=O) groups is 1. The van der Waals surface area contributed by atoms with E-state index in [0.29, 0.717) is 13.1 Å². The molecule has 0 rings (SSSR count). The Hall–Kier alpha value is -0.600. The smallest absolute Gasteiger partial charge is 0.245 e. The molecule has 0 radical (unpaired) electrons. The molecule has 0 heterocycles. The van der Waals surface area contributed by atoms with Gasteiger partial charge in [-0.15, -0.1) is 0 Å². The molecule has 0 spiro atoms. The minimum absolute atomic E-state index is 0.146. The molecule has 1 unspecified atom stereocenters. The number of nitrogens with zero attached hydrogens (tertiary/aromatic N) is 1. The predicted octanol–water partition coefficient (Wildman–Crippen LogP) is 2.83. The van der Waals surface area contributed by atoms with Crippen molar-refractivity contribution < 1.29 is 14.3 Å². The molecule has 0 aliphatic heterocycles. The summed E-state index contributed by atoms with van der Waals surface area (Å²) >= 11 is 0. The van der Waals surface area contributed by atoms with Gasteiger partial charge in [-0.25, -0.2) is 0 Å². The van der Waals surface area contributed by atoms with Crippen molar-refractivity contribution in [3.63, 3.8) is 0 Å². The second kappa shape index (κ2) is 11.5. The molecule has 0 aliphatic rings. The van der Waals surface area contributed by atoms with E-state index >= 15 is 0 Å². The molecule has 0 saturated heterocycles. The molecule has 1 atom stereocenters. The number of unbranched alkanes of at least 4 members (excludes halogenated alkanes) is 5. The Balaban J connectivity index is 3.83.